The van der Waals surface area contributed by atoms with Crippen LogP contribution in [-0.2, 0) is 32.5 Å². The van der Waals surface area contributed by atoms with E-state index in [1.165, 1.54) is 66.7 Å². The number of hydrogen-bond acceptors (Lipinski definition) is 4. The SMILES string of the molecule is Cc1cc2c3c(c1)N(c1ccc(C(C)(C)C)cc1-c1ccccc1)c1c(oc4cc5c(cc14)C(C)(C)CCC5(C)C)B3c1oc3cc4c(cc3c1N2c1ccc(C(C)(C)C)cc1-c1ccccc1)C(C)(C)CCC4(C)C. The molecule has 0 spiro atoms. The fourth-order valence-electron chi connectivity index (χ4n) is 13.8. The third kappa shape index (κ3) is 7.30. The van der Waals surface area contributed by atoms with Crippen LogP contribution in [0, 0.1) is 6.92 Å². The van der Waals surface area contributed by atoms with Gasteiger partial charge in [0, 0.05) is 33.3 Å². The summed E-state index contributed by atoms with van der Waals surface area (Å²) in [6.45, 7) is 35.3. The van der Waals surface area contributed by atoms with Crippen LogP contribution in [0.3, 0.4) is 0 Å². The first kappa shape index (κ1) is 48.9. The van der Waals surface area contributed by atoms with Gasteiger partial charge < -0.3 is 18.6 Å². The highest BCUT2D eigenvalue weighted by Crippen LogP contribution is 2.56. The van der Waals surface area contributed by atoms with Crippen molar-refractivity contribution in [3.05, 3.63) is 172 Å². The molecule has 0 saturated carbocycles. The van der Waals surface area contributed by atoms with Gasteiger partial charge in [0.05, 0.1) is 22.7 Å². The summed E-state index contributed by atoms with van der Waals surface area (Å²) in [7, 11) is 0. The van der Waals surface area contributed by atoms with Gasteiger partial charge >= 0.3 is 6.71 Å². The minimum atomic E-state index is -0.345. The Kier molecular flexibility index (Phi) is 10.4. The van der Waals surface area contributed by atoms with Gasteiger partial charge in [0.1, 0.15) is 22.5 Å². The first-order valence-electron chi connectivity index (χ1n) is 28.2. The van der Waals surface area contributed by atoms with E-state index in [4.69, 9.17) is 8.83 Å². The Morgan fingerprint density at radius 2 is 0.776 bits per heavy atom. The average Bonchev–Trinajstić information content (AvgIpc) is 4.16. The molecule has 0 unspecified atom stereocenters. The van der Waals surface area contributed by atoms with Crippen molar-refractivity contribution in [1.82, 2.24) is 0 Å². The maximum Gasteiger partial charge on any atom is 0.342 e. The second-order valence-electron chi connectivity index (χ2n) is 28.0. The predicted octanol–water partition coefficient (Wildman–Crippen LogP) is 18.2. The number of hydrogen-bond donors (Lipinski definition) is 0. The van der Waals surface area contributed by atoms with E-state index in [1.54, 1.807) is 0 Å². The summed E-state index contributed by atoms with van der Waals surface area (Å²) >= 11 is 0. The Morgan fingerprint density at radius 3 is 1.13 bits per heavy atom. The van der Waals surface area contributed by atoms with Crippen LogP contribution in [0.15, 0.2) is 142 Å². The van der Waals surface area contributed by atoms with Gasteiger partial charge in [-0.15, -0.1) is 0 Å². The molecule has 0 bridgehead atoms. The van der Waals surface area contributed by atoms with Gasteiger partial charge in [0.25, 0.3) is 0 Å². The number of nitrogens with zero attached hydrogens (tertiary/aromatic N) is 2. The van der Waals surface area contributed by atoms with Crippen molar-refractivity contribution >= 4 is 79.6 Å². The van der Waals surface area contributed by atoms with Gasteiger partial charge in [-0.1, -0.05) is 170 Å². The Morgan fingerprint density at radius 1 is 0.421 bits per heavy atom. The molecule has 0 saturated heterocycles. The zero-order valence-corrected chi connectivity index (χ0v) is 47.8. The molecule has 2 aliphatic heterocycles. The van der Waals surface area contributed by atoms with Gasteiger partial charge in [-0.3, -0.25) is 0 Å². The van der Waals surface area contributed by atoms with E-state index in [-0.39, 0.29) is 39.2 Å². The maximum absolute atomic E-state index is 7.76. The summed E-state index contributed by atoms with van der Waals surface area (Å²) in [5, 5.41) is 2.30. The minimum absolute atomic E-state index is 0.000548. The van der Waals surface area contributed by atoms with Crippen LogP contribution in [0.1, 0.15) is 162 Å². The molecule has 5 heteroatoms. The fraction of sp³-hybridized carbons (Fsp3) is 0.352. The standard InChI is InChI=1S/C71H75BN2O2/c1-42-34-57-61-58(35-42)74(56-29-27-46(67(5,6)7)37-48(56)44-24-20-17-21-25-44)63-50-39-52-54(71(14,15)33-31-69(52,10)11)41-60(50)76-65(63)72(61)64-62(49-38-51-53(40-59(49)75-64)70(12,13)32-30-68(51,8)9)73(57)55-28-26-45(66(2,3)4)36-47(55)43-22-18-16-19-23-43/h16-29,34-41H,30-33H2,1-15H3. The van der Waals surface area contributed by atoms with Crippen molar-refractivity contribution < 1.29 is 8.83 Å². The van der Waals surface area contributed by atoms with E-state index >= 15 is 0 Å². The first-order chi connectivity index (χ1) is 35.8. The molecule has 384 valence electrons. The maximum atomic E-state index is 7.76. The van der Waals surface area contributed by atoms with Gasteiger partial charge in [0.2, 0.25) is 0 Å². The van der Waals surface area contributed by atoms with E-state index in [9.17, 15) is 0 Å². The highest BCUT2D eigenvalue weighted by atomic mass is 16.3. The third-order valence-corrected chi connectivity index (χ3v) is 18.7. The Balaban J connectivity index is 1.20. The number of fused-ring (bicyclic) bond motifs is 10. The molecule has 4 nitrogen and oxygen atoms in total. The van der Waals surface area contributed by atoms with Crippen molar-refractivity contribution in [2.45, 2.75) is 162 Å². The summed E-state index contributed by atoms with van der Waals surface area (Å²) in [5.41, 5.74) is 25.7. The molecule has 0 N–H and O–H groups in total. The second-order valence-corrected chi connectivity index (χ2v) is 28.0. The highest BCUT2D eigenvalue weighted by molar-refractivity contribution is 6.99. The van der Waals surface area contributed by atoms with Gasteiger partial charge in [-0.25, -0.2) is 0 Å². The molecule has 0 radical (unpaired) electrons. The third-order valence-electron chi connectivity index (χ3n) is 18.7. The van der Waals surface area contributed by atoms with Crippen LogP contribution >= 0.6 is 0 Å². The van der Waals surface area contributed by atoms with Crippen molar-refractivity contribution in [3.63, 3.8) is 0 Å². The van der Waals surface area contributed by atoms with E-state index < -0.39 is 0 Å². The number of benzene rings is 7. The van der Waals surface area contributed by atoms with E-state index in [2.05, 4.69) is 247 Å². The summed E-state index contributed by atoms with van der Waals surface area (Å²) in [4.78, 5) is 5.20. The normalized spacial score (nSPS) is 17.8. The quantitative estimate of drug-likeness (QED) is 0.165. The molecule has 76 heavy (non-hydrogen) atoms. The molecule has 7 aromatic carbocycles. The van der Waals surface area contributed by atoms with Crippen molar-refractivity contribution in [1.29, 1.82) is 0 Å². The van der Waals surface area contributed by atoms with E-state index in [0.29, 0.717) is 0 Å². The van der Waals surface area contributed by atoms with E-state index in [1.807, 2.05) is 0 Å². The lowest BCUT2D eigenvalue weighted by molar-refractivity contribution is 0.332. The molecule has 4 heterocycles. The number of rotatable bonds is 4. The lowest BCUT2D eigenvalue weighted by Crippen LogP contribution is -2.60. The van der Waals surface area contributed by atoms with Crippen molar-refractivity contribution in [2.24, 2.45) is 0 Å². The second kappa shape index (κ2) is 16.2. The molecular weight excluding hydrogens is 924 g/mol. The first-order valence-corrected chi connectivity index (χ1v) is 28.2. The van der Waals surface area contributed by atoms with E-state index in [0.717, 1.165) is 93.1 Å². The summed E-state index contributed by atoms with van der Waals surface area (Å²) < 4.78 is 15.5. The topological polar surface area (TPSA) is 32.8 Å². The molecule has 0 fully saturated rings. The van der Waals surface area contributed by atoms with Crippen LogP contribution in [0.25, 0.3) is 44.2 Å². The van der Waals surface area contributed by atoms with Crippen molar-refractivity contribution in [3.8, 4) is 22.3 Å². The fourth-order valence-corrected chi connectivity index (χ4v) is 13.8. The van der Waals surface area contributed by atoms with Gasteiger partial charge in [0.15, 0.2) is 0 Å². The molecule has 0 atom stereocenters. The molecule has 2 aromatic heterocycles. The highest BCUT2D eigenvalue weighted by Gasteiger charge is 2.52. The average molecular weight is 999 g/mol. The smallest absolute Gasteiger partial charge is 0.342 e. The molecule has 0 amide bonds. The predicted molar refractivity (Wildman–Crippen MR) is 324 cm³/mol. The Bertz CT molecular complexity index is 3620. The van der Waals surface area contributed by atoms with Crippen LogP contribution in [0.4, 0.5) is 34.1 Å². The number of aryl methyl sites for hydroxylation is 1. The van der Waals surface area contributed by atoms with Crippen LogP contribution < -0.4 is 26.6 Å². The molecule has 13 rings (SSSR count). The summed E-state index contributed by atoms with van der Waals surface area (Å²) in [5.74, 6) is 0. The molecular formula is C71H75BN2O2. The zero-order valence-electron chi connectivity index (χ0n) is 47.8. The largest absolute Gasteiger partial charge is 0.468 e. The summed E-state index contributed by atoms with van der Waals surface area (Å²) in [6.07, 6.45) is 4.50. The minimum Gasteiger partial charge on any atom is -0.468 e. The molecule has 9 aromatic rings. The lowest BCUT2D eigenvalue weighted by Gasteiger charge is -2.43. The Hall–Kier alpha value is -6.72. The monoisotopic (exact) mass is 999 g/mol. The van der Waals surface area contributed by atoms with Gasteiger partial charge in [-0.05, 0) is 181 Å². The Labute approximate surface area is 452 Å². The van der Waals surface area contributed by atoms with Crippen LogP contribution in [0.5, 0.6) is 0 Å². The van der Waals surface area contributed by atoms with Crippen LogP contribution in [-0.4, -0.2) is 6.71 Å². The molecule has 2 aliphatic carbocycles. The molecule has 4 aliphatic rings. The number of furan rings is 2. The van der Waals surface area contributed by atoms with Crippen LogP contribution in [0.2, 0.25) is 0 Å². The van der Waals surface area contributed by atoms with Crippen molar-refractivity contribution in [2.75, 3.05) is 9.80 Å². The zero-order chi connectivity index (χ0) is 53.4. The lowest BCUT2D eigenvalue weighted by atomic mass is 9.37. The van der Waals surface area contributed by atoms with Gasteiger partial charge in [-0.2, -0.15) is 0 Å². The number of anilines is 6. The summed E-state index contributed by atoms with van der Waals surface area (Å²) in [6, 6.07) is 51.3.